The number of rotatable bonds is 5. The van der Waals surface area contributed by atoms with Gasteiger partial charge in [0.1, 0.15) is 18.0 Å². The highest BCUT2D eigenvalue weighted by Crippen LogP contribution is 2.19. The van der Waals surface area contributed by atoms with Crippen molar-refractivity contribution in [2.75, 3.05) is 37.7 Å². The maximum Gasteiger partial charge on any atom is 0.253 e. The Kier molecular flexibility index (Phi) is 5.65. The molecule has 1 amide bonds. The fourth-order valence-electron chi connectivity index (χ4n) is 2.75. The van der Waals surface area contributed by atoms with Gasteiger partial charge in [-0.05, 0) is 30.2 Å². The van der Waals surface area contributed by atoms with Crippen LogP contribution in [0, 0.1) is 11.7 Å². The van der Waals surface area contributed by atoms with E-state index in [2.05, 4.69) is 28.7 Å². The van der Waals surface area contributed by atoms with Crippen LogP contribution in [0.15, 0.2) is 36.7 Å². The molecule has 0 saturated carbocycles. The molecule has 0 atom stereocenters. The molecule has 1 saturated heterocycles. The van der Waals surface area contributed by atoms with Crippen molar-refractivity contribution in [2.24, 2.45) is 5.92 Å². The summed E-state index contributed by atoms with van der Waals surface area (Å²) in [6.45, 7) is 7.29. The molecular formula is C19H23FN4O2. The molecule has 0 spiro atoms. The summed E-state index contributed by atoms with van der Waals surface area (Å²) in [5, 5.41) is 0. The number of ether oxygens (including phenoxy) is 1. The quantitative estimate of drug-likeness (QED) is 0.822. The second-order valence-electron chi connectivity index (χ2n) is 6.71. The molecule has 0 unspecified atom stereocenters. The van der Waals surface area contributed by atoms with E-state index >= 15 is 0 Å². The van der Waals surface area contributed by atoms with Crippen LogP contribution in [0.1, 0.15) is 24.2 Å². The van der Waals surface area contributed by atoms with Gasteiger partial charge >= 0.3 is 0 Å². The van der Waals surface area contributed by atoms with Crippen molar-refractivity contribution in [2.45, 2.75) is 13.8 Å². The molecule has 7 heteroatoms. The average Bonchev–Trinajstić information content (AvgIpc) is 2.67. The largest absolute Gasteiger partial charge is 0.477 e. The van der Waals surface area contributed by atoms with Crippen LogP contribution < -0.4 is 9.64 Å². The second kappa shape index (κ2) is 8.12. The van der Waals surface area contributed by atoms with Gasteiger partial charge in [0, 0.05) is 37.8 Å². The highest BCUT2D eigenvalue weighted by Gasteiger charge is 2.23. The SMILES string of the molecule is CC(C)COc1cc(N2CCN(C(=O)c3ccc(F)cc3)CC2)ncn1. The van der Waals surface area contributed by atoms with Crippen LogP contribution in [0.2, 0.25) is 0 Å². The van der Waals surface area contributed by atoms with Crippen molar-refractivity contribution in [3.8, 4) is 5.88 Å². The summed E-state index contributed by atoms with van der Waals surface area (Å²) in [4.78, 5) is 24.8. The van der Waals surface area contributed by atoms with Gasteiger partial charge in [-0.1, -0.05) is 13.8 Å². The lowest BCUT2D eigenvalue weighted by molar-refractivity contribution is 0.0746. The molecule has 1 fully saturated rings. The van der Waals surface area contributed by atoms with Gasteiger partial charge in [-0.3, -0.25) is 4.79 Å². The average molecular weight is 358 g/mol. The summed E-state index contributed by atoms with van der Waals surface area (Å²) in [7, 11) is 0. The Labute approximate surface area is 152 Å². The Balaban J connectivity index is 1.59. The molecule has 2 aromatic rings. The highest BCUT2D eigenvalue weighted by atomic mass is 19.1. The number of hydrogen-bond acceptors (Lipinski definition) is 5. The molecule has 26 heavy (non-hydrogen) atoms. The van der Waals surface area contributed by atoms with Gasteiger partial charge in [-0.25, -0.2) is 14.4 Å². The van der Waals surface area contributed by atoms with Gasteiger partial charge in [-0.15, -0.1) is 0 Å². The predicted octanol–water partition coefficient (Wildman–Crippen LogP) is 2.61. The number of hydrogen-bond donors (Lipinski definition) is 0. The van der Waals surface area contributed by atoms with Crippen molar-refractivity contribution in [1.29, 1.82) is 0 Å². The monoisotopic (exact) mass is 358 g/mol. The summed E-state index contributed by atoms with van der Waals surface area (Å²) < 4.78 is 18.7. The first-order valence-electron chi connectivity index (χ1n) is 8.77. The third-order valence-electron chi connectivity index (χ3n) is 4.17. The van der Waals surface area contributed by atoms with E-state index in [9.17, 15) is 9.18 Å². The molecule has 0 radical (unpaired) electrons. The number of halogens is 1. The molecular weight excluding hydrogens is 335 g/mol. The smallest absolute Gasteiger partial charge is 0.253 e. The van der Waals surface area contributed by atoms with Gasteiger partial charge in [0.05, 0.1) is 6.61 Å². The van der Waals surface area contributed by atoms with Gasteiger partial charge in [0.25, 0.3) is 5.91 Å². The minimum atomic E-state index is -0.342. The number of anilines is 1. The Morgan fingerprint density at radius 2 is 1.85 bits per heavy atom. The molecule has 1 aliphatic rings. The van der Waals surface area contributed by atoms with Crippen LogP contribution in [-0.2, 0) is 0 Å². The maximum absolute atomic E-state index is 13.0. The van der Waals surface area contributed by atoms with Crippen molar-refractivity contribution < 1.29 is 13.9 Å². The van der Waals surface area contributed by atoms with Crippen molar-refractivity contribution in [3.05, 3.63) is 48.0 Å². The fraction of sp³-hybridized carbons (Fsp3) is 0.421. The third-order valence-corrected chi connectivity index (χ3v) is 4.17. The molecule has 1 aromatic heterocycles. The van der Waals surface area contributed by atoms with E-state index in [0.29, 0.717) is 50.1 Å². The number of benzene rings is 1. The van der Waals surface area contributed by atoms with E-state index in [1.807, 2.05) is 6.07 Å². The molecule has 1 aliphatic heterocycles. The molecule has 138 valence electrons. The first-order valence-corrected chi connectivity index (χ1v) is 8.77. The summed E-state index contributed by atoms with van der Waals surface area (Å²) in [5.41, 5.74) is 0.506. The number of nitrogens with zero attached hydrogens (tertiary/aromatic N) is 4. The van der Waals surface area contributed by atoms with Crippen molar-refractivity contribution in [3.63, 3.8) is 0 Å². The number of amides is 1. The summed E-state index contributed by atoms with van der Waals surface area (Å²) in [6, 6.07) is 7.49. The fourth-order valence-corrected chi connectivity index (χ4v) is 2.75. The van der Waals surface area contributed by atoms with Crippen molar-refractivity contribution in [1.82, 2.24) is 14.9 Å². The van der Waals surface area contributed by atoms with Crippen LogP contribution in [0.3, 0.4) is 0 Å². The molecule has 0 aliphatic carbocycles. The van der Waals surface area contributed by atoms with Gasteiger partial charge < -0.3 is 14.5 Å². The Hall–Kier alpha value is -2.70. The molecule has 2 heterocycles. The Bertz CT molecular complexity index is 743. The third kappa shape index (κ3) is 4.47. The predicted molar refractivity (Wildman–Crippen MR) is 96.9 cm³/mol. The standard InChI is InChI=1S/C19H23FN4O2/c1-14(2)12-26-18-11-17(21-13-22-18)23-7-9-24(10-8-23)19(25)15-3-5-16(20)6-4-15/h3-6,11,13-14H,7-10,12H2,1-2H3. The molecule has 1 aromatic carbocycles. The molecule has 3 rings (SSSR count). The van der Waals surface area contributed by atoms with E-state index in [0.717, 1.165) is 5.82 Å². The first kappa shape index (κ1) is 18.1. The molecule has 6 nitrogen and oxygen atoms in total. The van der Waals surface area contributed by atoms with E-state index in [4.69, 9.17) is 4.74 Å². The van der Waals surface area contributed by atoms with E-state index in [-0.39, 0.29) is 11.7 Å². The minimum absolute atomic E-state index is 0.0757. The maximum atomic E-state index is 13.0. The number of carbonyl (C=O) groups excluding carboxylic acids is 1. The Morgan fingerprint density at radius 1 is 1.15 bits per heavy atom. The zero-order valence-corrected chi connectivity index (χ0v) is 15.1. The lowest BCUT2D eigenvalue weighted by Gasteiger charge is -2.35. The number of aromatic nitrogens is 2. The number of piperazine rings is 1. The Morgan fingerprint density at radius 3 is 2.50 bits per heavy atom. The molecule has 0 N–H and O–H groups in total. The highest BCUT2D eigenvalue weighted by molar-refractivity contribution is 5.94. The number of carbonyl (C=O) groups is 1. The van der Waals surface area contributed by atoms with E-state index in [1.165, 1.54) is 30.6 Å². The summed E-state index contributed by atoms with van der Waals surface area (Å²) in [6.07, 6.45) is 1.50. The lowest BCUT2D eigenvalue weighted by atomic mass is 10.2. The van der Waals surface area contributed by atoms with E-state index < -0.39 is 0 Å². The zero-order chi connectivity index (χ0) is 18.5. The summed E-state index contributed by atoms with van der Waals surface area (Å²) in [5.74, 6) is 1.37. The van der Waals surface area contributed by atoms with Crippen LogP contribution in [0.25, 0.3) is 0 Å². The van der Waals surface area contributed by atoms with Gasteiger partial charge in [0.15, 0.2) is 0 Å². The zero-order valence-electron chi connectivity index (χ0n) is 15.1. The van der Waals surface area contributed by atoms with Crippen molar-refractivity contribution >= 4 is 11.7 Å². The van der Waals surface area contributed by atoms with Crippen LogP contribution >= 0.6 is 0 Å². The molecule has 0 bridgehead atoms. The lowest BCUT2D eigenvalue weighted by Crippen LogP contribution is -2.49. The van der Waals surface area contributed by atoms with Crippen LogP contribution in [0.5, 0.6) is 5.88 Å². The van der Waals surface area contributed by atoms with Gasteiger partial charge in [-0.2, -0.15) is 0 Å². The topological polar surface area (TPSA) is 58.6 Å². The first-order chi connectivity index (χ1) is 12.5. The van der Waals surface area contributed by atoms with Gasteiger partial charge in [0.2, 0.25) is 5.88 Å². The van der Waals surface area contributed by atoms with Crippen LogP contribution in [0.4, 0.5) is 10.2 Å². The van der Waals surface area contributed by atoms with E-state index in [1.54, 1.807) is 4.90 Å². The minimum Gasteiger partial charge on any atom is -0.477 e. The summed E-state index contributed by atoms with van der Waals surface area (Å²) >= 11 is 0. The van der Waals surface area contributed by atoms with Crippen LogP contribution in [-0.4, -0.2) is 53.6 Å². The second-order valence-corrected chi connectivity index (χ2v) is 6.71. The normalized spacial score (nSPS) is 14.6.